The fourth-order valence-electron chi connectivity index (χ4n) is 2.26. The number of benzene rings is 1. The van der Waals surface area contributed by atoms with E-state index in [4.69, 9.17) is 14.2 Å². The third kappa shape index (κ3) is 2.98. The lowest BCUT2D eigenvalue weighted by atomic mass is 9.98. The summed E-state index contributed by atoms with van der Waals surface area (Å²) in [4.78, 5) is 0. The molecule has 1 aliphatic heterocycles. The first kappa shape index (κ1) is 15.3. The van der Waals surface area contributed by atoms with Crippen molar-refractivity contribution in [2.45, 2.75) is 44.1 Å². The lowest BCUT2D eigenvalue weighted by Gasteiger charge is -2.42. The van der Waals surface area contributed by atoms with Crippen molar-refractivity contribution in [3.05, 3.63) is 35.9 Å². The molecule has 2 rings (SSSR count). The largest absolute Gasteiger partial charge is 0.372 e. The highest BCUT2D eigenvalue weighted by Gasteiger charge is 2.58. The highest BCUT2D eigenvalue weighted by molar-refractivity contribution is 5.13. The molecule has 112 valence electrons. The number of rotatable bonds is 4. The third-order valence-electron chi connectivity index (χ3n) is 3.35. The molecule has 4 atom stereocenters. The van der Waals surface area contributed by atoms with Crippen LogP contribution < -0.4 is 0 Å². The Morgan fingerprint density at radius 1 is 1.30 bits per heavy atom. The van der Waals surface area contributed by atoms with Gasteiger partial charge in [-0.05, 0) is 12.5 Å². The van der Waals surface area contributed by atoms with E-state index in [1.165, 1.54) is 7.11 Å². The Morgan fingerprint density at radius 3 is 2.55 bits per heavy atom. The molecule has 1 heterocycles. The Morgan fingerprint density at radius 2 is 1.95 bits per heavy atom. The van der Waals surface area contributed by atoms with E-state index in [0.717, 1.165) is 5.56 Å². The molecule has 0 aliphatic carbocycles. The molecule has 0 radical (unpaired) electrons. The smallest absolute Gasteiger partial charge is 0.325 e. The van der Waals surface area contributed by atoms with Crippen LogP contribution >= 0.6 is 0 Å². The first-order valence-corrected chi connectivity index (χ1v) is 6.36. The van der Waals surface area contributed by atoms with Gasteiger partial charge in [-0.3, -0.25) is 0 Å². The van der Waals surface area contributed by atoms with Crippen LogP contribution in [0.25, 0.3) is 0 Å². The first-order valence-electron chi connectivity index (χ1n) is 6.36. The van der Waals surface area contributed by atoms with Crippen molar-refractivity contribution in [2.24, 2.45) is 0 Å². The minimum atomic E-state index is -3.51. The number of alkyl halides is 2. The summed E-state index contributed by atoms with van der Waals surface area (Å²) in [6, 6.07) is 9.21. The minimum absolute atomic E-state index is 0.172. The number of hydrogen-bond acceptors (Lipinski definition) is 4. The monoisotopic (exact) mass is 288 g/mol. The molecule has 4 nitrogen and oxygen atoms in total. The summed E-state index contributed by atoms with van der Waals surface area (Å²) in [5, 5.41) is 9.30. The average molecular weight is 288 g/mol. The maximum Gasteiger partial charge on any atom is 0.325 e. The van der Waals surface area contributed by atoms with E-state index >= 15 is 0 Å². The van der Waals surface area contributed by atoms with E-state index in [1.54, 1.807) is 6.92 Å². The van der Waals surface area contributed by atoms with Gasteiger partial charge in [-0.25, -0.2) is 0 Å². The highest BCUT2D eigenvalue weighted by atomic mass is 19.3. The van der Waals surface area contributed by atoms with Crippen molar-refractivity contribution < 1.29 is 28.1 Å². The SMILES string of the molecule is CO[C@@H]1[C@@H](OCc2ccccc2)[C@H](C)O[C@H](O)C1(F)F. The zero-order valence-corrected chi connectivity index (χ0v) is 11.3. The van der Waals surface area contributed by atoms with Gasteiger partial charge in [0.2, 0.25) is 6.29 Å². The standard InChI is InChI=1S/C14H18F2O4/c1-9-11(19-8-10-6-4-3-5-7-10)12(18-2)14(15,16)13(17)20-9/h3-7,9,11-13,17H,8H2,1-2H3/t9-,11-,12+,13-/m0/s1. The lowest BCUT2D eigenvalue weighted by Crippen LogP contribution is -2.62. The van der Waals surface area contributed by atoms with E-state index in [2.05, 4.69) is 0 Å². The van der Waals surface area contributed by atoms with Crippen LogP contribution in [0.15, 0.2) is 30.3 Å². The molecule has 1 saturated heterocycles. The van der Waals surface area contributed by atoms with Gasteiger partial charge >= 0.3 is 5.92 Å². The molecule has 1 fully saturated rings. The molecular weight excluding hydrogens is 270 g/mol. The van der Waals surface area contributed by atoms with Gasteiger partial charge in [-0.15, -0.1) is 0 Å². The van der Waals surface area contributed by atoms with Crippen molar-refractivity contribution in [3.8, 4) is 0 Å². The molecule has 0 bridgehead atoms. The molecule has 0 saturated carbocycles. The lowest BCUT2D eigenvalue weighted by molar-refractivity contribution is -0.350. The van der Waals surface area contributed by atoms with Crippen LogP contribution in [0, 0.1) is 0 Å². The van der Waals surface area contributed by atoms with Crippen LogP contribution in [0.4, 0.5) is 8.78 Å². The summed E-state index contributed by atoms with van der Waals surface area (Å²) >= 11 is 0. The molecular formula is C14H18F2O4. The number of halogens is 2. The first-order chi connectivity index (χ1) is 9.46. The zero-order chi connectivity index (χ0) is 14.8. The molecule has 6 heteroatoms. The van der Waals surface area contributed by atoms with Gasteiger partial charge in [-0.1, -0.05) is 30.3 Å². The Labute approximate surface area is 116 Å². The maximum atomic E-state index is 13.8. The second-order valence-corrected chi connectivity index (χ2v) is 4.79. The molecule has 0 spiro atoms. The van der Waals surface area contributed by atoms with Gasteiger partial charge in [0.15, 0.2) is 6.10 Å². The van der Waals surface area contributed by atoms with E-state index in [0.29, 0.717) is 0 Å². The second kappa shape index (κ2) is 6.13. The average Bonchev–Trinajstić information content (AvgIpc) is 2.42. The Balaban J connectivity index is 2.08. The number of aliphatic hydroxyl groups is 1. The van der Waals surface area contributed by atoms with Crippen molar-refractivity contribution in [1.82, 2.24) is 0 Å². The van der Waals surface area contributed by atoms with Gasteiger partial charge in [0.25, 0.3) is 0 Å². The van der Waals surface area contributed by atoms with Crippen LogP contribution in [0.2, 0.25) is 0 Å². The second-order valence-electron chi connectivity index (χ2n) is 4.79. The molecule has 0 unspecified atom stereocenters. The highest BCUT2D eigenvalue weighted by Crippen LogP contribution is 2.36. The Bertz CT molecular complexity index is 426. The van der Waals surface area contributed by atoms with Gasteiger partial charge in [0.05, 0.1) is 12.7 Å². The number of ether oxygens (including phenoxy) is 3. The molecule has 20 heavy (non-hydrogen) atoms. The van der Waals surface area contributed by atoms with Crippen molar-refractivity contribution in [2.75, 3.05) is 7.11 Å². The van der Waals surface area contributed by atoms with Gasteiger partial charge in [0, 0.05) is 7.11 Å². The van der Waals surface area contributed by atoms with Crippen LogP contribution in [-0.4, -0.2) is 42.7 Å². The predicted octanol–water partition coefficient (Wildman–Crippen LogP) is 1.96. The van der Waals surface area contributed by atoms with Crippen molar-refractivity contribution >= 4 is 0 Å². The summed E-state index contributed by atoms with van der Waals surface area (Å²) in [7, 11) is 1.17. The molecule has 0 amide bonds. The minimum Gasteiger partial charge on any atom is -0.372 e. The van der Waals surface area contributed by atoms with E-state index in [9.17, 15) is 13.9 Å². The van der Waals surface area contributed by atoms with E-state index < -0.39 is 30.5 Å². The quantitative estimate of drug-likeness (QED) is 0.920. The Hall–Kier alpha value is -1.08. The number of aliphatic hydroxyl groups excluding tert-OH is 1. The maximum absolute atomic E-state index is 13.8. The summed E-state index contributed by atoms with van der Waals surface area (Å²) in [6.07, 6.45) is -5.39. The van der Waals surface area contributed by atoms with Crippen LogP contribution in [0.3, 0.4) is 0 Å². The molecule has 1 aliphatic rings. The van der Waals surface area contributed by atoms with Crippen molar-refractivity contribution in [1.29, 1.82) is 0 Å². The Kier molecular flexibility index (Phi) is 4.70. The van der Waals surface area contributed by atoms with Gasteiger partial charge in [0.1, 0.15) is 6.10 Å². The normalized spacial score (nSPS) is 33.0. The molecule has 0 aromatic heterocycles. The van der Waals surface area contributed by atoms with Crippen LogP contribution in [0.5, 0.6) is 0 Å². The van der Waals surface area contributed by atoms with E-state index in [-0.39, 0.29) is 6.61 Å². The van der Waals surface area contributed by atoms with Crippen LogP contribution in [0.1, 0.15) is 12.5 Å². The fraction of sp³-hybridized carbons (Fsp3) is 0.571. The molecule has 1 N–H and O–H groups in total. The third-order valence-corrected chi connectivity index (χ3v) is 3.35. The molecule has 1 aromatic rings. The summed E-state index contributed by atoms with van der Waals surface area (Å²) in [5.74, 6) is -3.51. The summed E-state index contributed by atoms with van der Waals surface area (Å²) < 4.78 is 42.9. The van der Waals surface area contributed by atoms with Crippen molar-refractivity contribution in [3.63, 3.8) is 0 Å². The van der Waals surface area contributed by atoms with Gasteiger partial charge < -0.3 is 19.3 Å². The van der Waals surface area contributed by atoms with Gasteiger partial charge in [-0.2, -0.15) is 8.78 Å². The fourth-order valence-corrected chi connectivity index (χ4v) is 2.26. The van der Waals surface area contributed by atoms with E-state index in [1.807, 2.05) is 30.3 Å². The summed E-state index contributed by atoms with van der Waals surface area (Å²) in [5.41, 5.74) is 0.865. The number of methoxy groups -OCH3 is 1. The summed E-state index contributed by atoms with van der Waals surface area (Å²) in [6.45, 7) is 1.74. The zero-order valence-electron chi connectivity index (χ0n) is 11.3. The topological polar surface area (TPSA) is 47.9 Å². The van der Waals surface area contributed by atoms with Crippen LogP contribution in [-0.2, 0) is 20.8 Å². The predicted molar refractivity (Wildman–Crippen MR) is 67.3 cm³/mol. The molecule has 1 aromatic carbocycles. The number of hydrogen-bond donors (Lipinski definition) is 1.